The molecule has 3 N–H and O–H groups in total. The zero-order valence-electron chi connectivity index (χ0n) is 8.70. The summed E-state index contributed by atoms with van der Waals surface area (Å²) in [5.74, 6) is -1.11. The molecule has 0 aliphatic heterocycles. The van der Waals surface area contributed by atoms with E-state index in [1.165, 1.54) is 18.4 Å². The third-order valence-corrected chi connectivity index (χ3v) is 2.80. The van der Waals surface area contributed by atoms with Crippen LogP contribution >= 0.6 is 0 Å². The predicted octanol–water partition coefficient (Wildman–Crippen LogP) is 1.92. The maximum absolute atomic E-state index is 10.8. The zero-order chi connectivity index (χ0) is 10.6. The zero-order valence-corrected chi connectivity index (χ0v) is 8.70. The molecule has 0 saturated heterocycles. The summed E-state index contributed by atoms with van der Waals surface area (Å²) < 4.78 is 0. The normalized spacial score (nSPS) is 29.7. The fourth-order valence-electron chi connectivity index (χ4n) is 1.91. The largest absolute Gasteiger partial charge is 0.481 e. The van der Waals surface area contributed by atoms with Crippen LogP contribution in [0.1, 0.15) is 39.0 Å². The van der Waals surface area contributed by atoms with E-state index in [0.29, 0.717) is 6.42 Å². The highest BCUT2D eigenvalue weighted by atomic mass is 16.4. The van der Waals surface area contributed by atoms with Gasteiger partial charge in [-0.25, -0.2) is 0 Å². The summed E-state index contributed by atoms with van der Waals surface area (Å²) in [6.07, 6.45) is 7.01. The Morgan fingerprint density at radius 2 is 2.36 bits per heavy atom. The summed E-state index contributed by atoms with van der Waals surface area (Å²) in [6, 6.07) is -0.180. The molecule has 1 aliphatic rings. The van der Waals surface area contributed by atoms with Gasteiger partial charge in [0.05, 0.1) is 5.92 Å². The second-order valence-electron chi connectivity index (χ2n) is 4.02. The van der Waals surface area contributed by atoms with Gasteiger partial charge in [-0.2, -0.15) is 0 Å². The van der Waals surface area contributed by atoms with Crippen LogP contribution < -0.4 is 5.73 Å². The quantitative estimate of drug-likeness (QED) is 0.534. The second-order valence-corrected chi connectivity index (χ2v) is 4.02. The Morgan fingerprint density at radius 1 is 1.64 bits per heavy atom. The molecule has 0 spiro atoms. The van der Waals surface area contributed by atoms with Crippen molar-refractivity contribution >= 4 is 5.97 Å². The van der Waals surface area contributed by atoms with Gasteiger partial charge in [-0.3, -0.25) is 4.79 Å². The van der Waals surface area contributed by atoms with Crippen molar-refractivity contribution in [3.8, 4) is 0 Å². The van der Waals surface area contributed by atoms with Gasteiger partial charge in [-0.1, -0.05) is 31.4 Å². The van der Waals surface area contributed by atoms with E-state index in [1.807, 2.05) is 0 Å². The molecule has 1 rings (SSSR count). The lowest BCUT2D eigenvalue weighted by Crippen LogP contribution is -2.30. The minimum atomic E-state index is -0.753. The molecule has 3 heteroatoms. The van der Waals surface area contributed by atoms with E-state index in [9.17, 15) is 4.79 Å². The highest BCUT2D eigenvalue weighted by Gasteiger charge is 2.32. The van der Waals surface area contributed by atoms with E-state index in [1.54, 1.807) is 0 Å². The first kappa shape index (κ1) is 11.2. The summed E-state index contributed by atoms with van der Waals surface area (Å²) in [5, 5.41) is 8.87. The number of allylic oxidation sites excluding steroid dienone is 1. The van der Waals surface area contributed by atoms with Crippen LogP contribution in [0.4, 0.5) is 0 Å². The summed E-state index contributed by atoms with van der Waals surface area (Å²) in [5.41, 5.74) is 6.99. The number of carboxylic acids is 1. The van der Waals surface area contributed by atoms with Gasteiger partial charge in [0.1, 0.15) is 0 Å². The average molecular weight is 197 g/mol. The fraction of sp³-hybridized carbons (Fsp3) is 0.727. The van der Waals surface area contributed by atoms with Crippen LogP contribution in [0.3, 0.4) is 0 Å². The summed E-state index contributed by atoms with van der Waals surface area (Å²) in [7, 11) is 0. The van der Waals surface area contributed by atoms with Gasteiger partial charge in [0.15, 0.2) is 0 Å². The summed E-state index contributed by atoms with van der Waals surface area (Å²) in [4.78, 5) is 10.8. The molecule has 14 heavy (non-hydrogen) atoms. The van der Waals surface area contributed by atoms with Gasteiger partial charge < -0.3 is 10.8 Å². The monoisotopic (exact) mass is 197 g/mol. The van der Waals surface area contributed by atoms with E-state index in [0.717, 1.165) is 12.8 Å². The molecule has 1 fully saturated rings. The second kappa shape index (κ2) is 5.15. The maximum Gasteiger partial charge on any atom is 0.308 e. The fourth-order valence-corrected chi connectivity index (χ4v) is 1.91. The highest BCUT2D eigenvalue weighted by molar-refractivity contribution is 5.72. The lowest BCUT2D eigenvalue weighted by atomic mass is 10.1. The van der Waals surface area contributed by atoms with E-state index < -0.39 is 5.97 Å². The number of unbranched alkanes of at least 4 members (excludes halogenated alkanes) is 2. The molecule has 1 saturated carbocycles. The van der Waals surface area contributed by atoms with E-state index in [4.69, 9.17) is 10.8 Å². The third kappa shape index (κ3) is 2.84. The lowest BCUT2D eigenvalue weighted by Gasteiger charge is -2.07. The Labute approximate surface area is 85.0 Å². The first-order valence-electron chi connectivity index (χ1n) is 5.31. The van der Waals surface area contributed by atoms with Gasteiger partial charge in [-0.05, 0) is 19.3 Å². The van der Waals surface area contributed by atoms with Crippen LogP contribution in [-0.4, -0.2) is 17.1 Å². The molecular formula is C11H19NO2. The molecule has 0 amide bonds. The third-order valence-electron chi connectivity index (χ3n) is 2.80. The molecule has 0 aromatic heterocycles. The summed E-state index contributed by atoms with van der Waals surface area (Å²) in [6.45, 7) is 2.15. The molecule has 0 bridgehead atoms. The number of rotatable bonds is 4. The minimum Gasteiger partial charge on any atom is -0.481 e. The molecule has 0 radical (unpaired) electrons. The van der Waals surface area contributed by atoms with Gasteiger partial charge in [0, 0.05) is 6.04 Å². The number of hydrogen-bond acceptors (Lipinski definition) is 2. The molecule has 0 aromatic carbocycles. The van der Waals surface area contributed by atoms with Crippen LogP contribution in [0, 0.1) is 5.92 Å². The van der Waals surface area contributed by atoms with Gasteiger partial charge in [0.25, 0.3) is 0 Å². The van der Waals surface area contributed by atoms with Crippen molar-refractivity contribution in [2.45, 2.75) is 45.1 Å². The van der Waals surface area contributed by atoms with Crippen LogP contribution in [0.15, 0.2) is 11.6 Å². The van der Waals surface area contributed by atoms with Crippen molar-refractivity contribution in [3.63, 3.8) is 0 Å². The molecule has 2 atom stereocenters. The van der Waals surface area contributed by atoms with Crippen molar-refractivity contribution in [2.24, 2.45) is 11.7 Å². The Kier molecular flexibility index (Phi) is 4.14. The molecule has 0 unspecified atom stereocenters. The molecule has 3 nitrogen and oxygen atoms in total. The van der Waals surface area contributed by atoms with Crippen molar-refractivity contribution in [1.82, 2.24) is 0 Å². The lowest BCUT2D eigenvalue weighted by molar-refractivity contribution is -0.141. The maximum atomic E-state index is 10.8. The van der Waals surface area contributed by atoms with E-state index in [-0.39, 0.29) is 12.0 Å². The number of carboxylic acid groups (broad SMARTS) is 1. The van der Waals surface area contributed by atoms with Crippen LogP contribution in [0.2, 0.25) is 0 Å². The molecular weight excluding hydrogens is 178 g/mol. The van der Waals surface area contributed by atoms with E-state index >= 15 is 0 Å². The standard InChI is InChI=1S/C11H19NO2/c1-2-3-4-5-8-6-9(11(13)14)10(12)7-8/h5,9-10H,2-4,6-7,12H2,1H3,(H,13,14)/b8-5+/t9-,10+/m1/s1. The Morgan fingerprint density at radius 3 is 2.86 bits per heavy atom. The van der Waals surface area contributed by atoms with Crippen molar-refractivity contribution in [2.75, 3.05) is 0 Å². The first-order valence-corrected chi connectivity index (χ1v) is 5.31. The van der Waals surface area contributed by atoms with Crippen molar-refractivity contribution < 1.29 is 9.90 Å². The smallest absolute Gasteiger partial charge is 0.308 e. The number of nitrogens with two attached hydrogens (primary N) is 1. The average Bonchev–Trinajstić information content (AvgIpc) is 2.47. The summed E-state index contributed by atoms with van der Waals surface area (Å²) >= 11 is 0. The van der Waals surface area contributed by atoms with Gasteiger partial charge in [0.2, 0.25) is 0 Å². The molecule has 1 aliphatic carbocycles. The topological polar surface area (TPSA) is 63.3 Å². The number of hydrogen-bond donors (Lipinski definition) is 2. The SMILES string of the molecule is CCCC/C=C1/C[C@H](N)[C@H](C(=O)O)C1. The van der Waals surface area contributed by atoms with Crippen LogP contribution in [0.5, 0.6) is 0 Å². The van der Waals surface area contributed by atoms with Crippen molar-refractivity contribution in [1.29, 1.82) is 0 Å². The van der Waals surface area contributed by atoms with Gasteiger partial charge in [-0.15, -0.1) is 0 Å². The van der Waals surface area contributed by atoms with E-state index in [2.05, 4.69) is 13.0 Å². The Bertz CT molecular complexity index is 235. The first-order chi connectivity index (χ1) is 6.65. The highest BCUT2D eigenvalue weighted by Crippen LogP contribution is 2.30. The number of carbonyl (C=O) groups is 1. The van der Waals surface area contributed by atoms with Crippen LogP contribution in [-0.2, 0) is 4.79 Å². The number of aliphatic carboxylic acids is 1. The Balaban J connectivity index is 2.45. The predicted molar refractivity (Wildman–Crippen MR) is 55.9 cm³/mol. The molecule has 80 valence electrons. The Hall–Kier alpha value is -0.830. The molecule has 0 aromatic rings. The van der Waals surface area contributed by atoms with Crippen LogP contribution in [0.25, 0.3) is 0 Å². The van der Waals surface area contributed by atoms with Crippen molar-refractivity contribution in [3.05, 3.63) is 11.6 Å². The molecule has 0 heterocycles. The minimum absolute atomic E-state index is 0.180. The van der Waals surface area contributed by atoms with Gasteiger partial charge >= 0.3 is 5.97 Å².